The van der Waals surface area contributed by atoms with Crippen molar-refractivity contribution in [3.63, 3.8) is 0 Å². The van der Waals surface area contributed by atoms with Crippen LogP contribution in [0.15, 0.2) is 24.0 Å². The number of nitrogens with zero attached hydrogens (tertiary/aromatic N) is 1. The molecule has 1 saturated heterocycles. The molecule has 33 heavy (non-hydrogen) atoms. The summed E-state index contributed by atoms with van der Waals surface area (Å²) in [5, 5.41) is 10.7. The van der Waals surface area contributed by atoms with E-state index in [-0.39, 0.29) is 18.2 Å². The molecule has 0 aromatic heterocycles. The SMILES string of the molecule is COC(=O)CC(C)(O)C(=O)OC1C(OC)=CC23CCCN2CCc2cc4c(cc2C13)OCO4. The van der Waals surface area contributed by atoms with E-state index in [9.17, 15) is 14.7 Å². The van der Waals surface area contributed by atoms with Crippen molar-refractivity contribution in [3.8, 4) is 11.5 Å². The van der Waals surface area contributed by atoms with Crippen LogP contribution in [-0.4, -0.2) is 73.3 Å². The predicted octanol–water partition coefficient (Wildman–Crippen LogP) is 1.66. The number of ether oxygens (including phenoxy) is 5. The van der Waals surface area contributed by atoms with Gasteiger partial charge in [0.15, 0.2) is 23.2 Å². The Morgan fingerprint density at radius 1 is 1.24 bits per heavy atom. The molecule has 3 aliphatic heterocycles. The highest BCUT2D eigenvalue weighted by Crippen LogP contribution is 2.55. The fourth-order valence-electron chi connectivity index (χ4n) is 5.76. The zero-order valence-corrected chi connectivity index (χ0v) is 19.1. The van der Waals surface area contributed by atoms with Gasteiger partial charge in [0.25, 0.3) is 0 Å². The molecule has 1 aromatic rings. The molecule has 4 atom stereocenters. The molecular weight excluding hydrogens is 430 g/mol. The van der Waals surface area contributed by atoms with Gasteiger partial charge in [-0.15, -0.1) is 0 Å². The quantitative estimate of drug-likeness (QED) is 0.659. The number of rotatable bonds is 5. The minimum absolute atomic E-state index is 0.177. The van der Waals surface area contributed by atoms with Crippen LogP contribution in [0.4, 0.5) is 0 Å². The second-order valence-corrected chi connectivity index (χ2v) is 9.32. The monoisotopic (exact) mass is 459 g/mol. The van der Waals surface area contributed by atoms with E-state index in [0.29, 0.717) is 11.5 Å². The van der Waals surface area contributed by atoms with Crippen molar-refractivity contribution in [3.05, 3.63) is 35.1 Å². The molecule has 3 heterocycles. The minimum atomic E-state index is -2.03. The number of carbonyl (C=O) groups is 2. The Morgan fingerprint density at radius 2 is 2.00 bits per heavy atom. The highest BCUT2D eigenvalue weighted by molar-refractivity contribution is 5.85. The minimum Gasteiger partial charge on any atom is -0.497 e. The first-order chi connectivity index (χ1) is 15.8. The smallest absolute Gasteiger partial charge is 0.339 e. The lowest BCUT2D eigenvalue weighted by Gasteiger charge is -2.39. The van der Waals surface area contributed by atoms with Crippen LogP contribution in [0.25, 0.3) is 0 Å². The summed E-state index contributed by atoms with van der Waals surface area (Å²) >= 11 is 0. The molecule has 1 N–H and O–H groups in total. The van der Waals surface area contributed by atoms with Gasteiger partial charge in [-0.25, -0.2) is 4.79 Å². The van der Waals surface area contributed by atoms with E-state index < -0.39 is 30.1 Å². The summed E-state index contributed by atoms with van der Waals surface area (Å²) < 4.78 is 27.5. The number of hydrogen-bond acceptors (Lipinski definition) is 9. The van der Waals surface area contributed by atoms with Crippen molar-refractivity contribution in [1.82, 2.24) is 4.90 Å². The third-order valence-corrected chi connectivity index (χ3v) is 7.35. The van der Waals surface area contributed by atoms with Crippen molar-refractivity contribution in [2.75, 3.05) is 34.1 Å². The van der Waals surface area contributed by atoms with E-state index in [1.54, 1.807) is 7.11 Å². The Hall–Kier alpha value is -2.78. The summed E-state index contributed by atoms with van der Waals surface area (Å²) in [6, 6.07) is 4.01. The van der Waals surface area contributed by atoms with Crippen LogP contribution in [0.3, 0.4) is 0 Å². The van der Waals surface area contributed by atoms with Gasteiger partial charge in [-0.05, 0) is 62.1 Å². The lowest BCUT2D eigenvalue weighted by Crippen LogP contribution is -2.48. The maximum atomic E-state index is 13.1. The molecule has 0 bridgehead atoms. The summed E-state index contributed by atoms with van der Waals surface area (Å²) in [6.07, 6.45) is 3.57. The van der Waals surface area contributed by atoms with E-state index in [0.717, 1.165) is 49.2 Å². The first-order valence-corrected chi connectivity index (χ1v) is 11.2. The van der Waals surface area contributed by atoms with Gasteiger partial charge in [0.1, 0.15) is 5.76 Å². The van der Waals surface area contributed by atoms with Crippen LogP contribution >= 0.6 is 0 Å². The number of carbonyl (C=O) groups excluding carboxylic acids is 2. The van der Waals surface area contributed by atoms with Crippen molar-refractivity contribution in [2.45, 2.75) is 55.8 Å². The summed E-state index contributed by atoms with van der Waals surface area (Å²) in [4.78, 5) is 27.2. The Balaban J connectivity index is 1.56. The zero-order valence-electron chi connectivity index (χ0n) is 19.1. The molecule has 0 amide bonds. The van der Waals surface area contributed by atoms with Crippen LogP contribution in [0.1, 0.15) is 43.2 Å². The molecule has 1 spiro atoms. The van der Waals surface area contributed by atoms with E-state index >= 15 is 0 Å². The van der Waals surface area contributed by atoms with E-state index in [1.807, 2.05) is 12.1 Å². The molecule has 4 unspecified atom stereocenters. The van der Waals surface area contributed by atoms with Crippen molar-refractivity contribution < 1.29 is 38.4 Å². The van der Waals surface area contributed by atoms with Crippen LogP contribution in [-0.2, 0) is 30.2 Å². The number of fused-ring (bicyclic) bond motifs is 3. The molecule has 9 heteroatoms. The molecule has 5 rings (SSSR count). The predicted molar refractivity (Wildman–Crippen MR) is 115 cm³/mol. The average molecular weight is 459 g/mol. The number of methoxy groups -OCH3 is 2. The molecular formula is C24H29NO8. The second kappa shape index (κ2) is 7.92. The maximum absolute atomic E-state index is 13.1. The Kier molecular flexibility index (Phi) is 5.29. The van der Waals surface area contributed by atoms with E-state index in [4.69, 9.17) is 18.9 Å². The lowest BCUT2D eigenvalue weighted by atomic mass is 9.77. The van der Waals surface area contributed by atoms with Gasteiger partial charge >= 0.3 is 11.9 Å². The normalized spacial score (nSPS) is 29.2. The number of hydrogen-bond donors (Lipinski definition) is 1. The molecule has 0 radical (unpaired) electrons. The molecule has 1 aromatic carbocycles. The van der Waals surface area contributed by atoms with Gasteiger partial charge in [0.2, 0.25) is 6.79 Å². The highest BCUT2D eigenvalue weighted by atomic mass is 16.7. The molecule has 4 aliphatic rings. The maximum Gasteiger partial charge on any atom is 0.339 e. The molecule has 9 nitrogen and oxygen atoms in total. The zero-order chi connectivity index (χ0) is 23.4. The summed E-state index contributed by atoms with van der Waals surface area (Å²) in [5.41, 5.74) is -0.258. The Morgan fingerprint density at radius 3 is 2.73 bits per heavy atom. The van der Waals surface area contributed by atoms with Crippen LogP contribution < -0.4 is 9.47 Å². The van der Waals surface area contributed by atoms with E-state index in [1.165, 1.54) is 14.0 Å². The topological polar surface area (TPSA) is 104 Å². The Labute approximate surface area is 192 Å². The van der Waals surface area contributed by atoms with Gasteiger partial charge < -0.3 is 28.8 Å². The largest absolute Gasteiger partial charge is 0.497 e. The van der Waals surface area contributed by atoms with Gasteiger partial charge in [-0.1, -0.05) is 0 Å². The number of aliphatic hydroxyl groups is 1. The number of esters is 2. The van der Waals surface area contributed by atoms with Gasteiger partial charge in [-0.3, -0.25) is 9.69 Å². The van der Waals surface area contributed by atoms with Crippen molar-refractivity contribution >= 4 is 11.9 Å². The molecule has 178 valence electrons. The second-order valence-electron chi connectivity index (χ2n) is 9.32. The van der Waals surface area contributed by atoms with Gasteiger partial charge in [-0.2, -0.15) is 0 Å². The van der Waals surface area contributed by atoms with Crippen molar-refractivity contribution in [1.29, 1.82) is 0 Å². The third kappa shape index (κ3) is 3.45. The van der Waals surface area contributed by atoms with Crippen molar-refractivity contribution in [2.24, 2.45) is 0 Å². The number of benzene rings is 1. The average Bonchev–Trinajstić information content (AvgIpc) is 3.47. The fraction of sp³-hybridized carbons (Fsp3) is 0.583. The van der Waals surface area contributed by atoms with Crippen LogP contribution in [0, 0.1) is 0 Å². The molecule has 0 saturated carbocycles. The van der Waals surface area contributed by atoms with Crippen LogP contribution in [0.2, 0.25) is 0 Å². The summed E-state index contributed by atoms with van der Waals surface area (Å²) in [7, 11) is 2.76. The first-order valence-electron chi connectivity index (χ1n) is 11.2. The van der Waals surface area contributed by atoms with Crippen LogP contribution in [0.5, 0.6) is 11.5 Å². The molecule has 1 fully saturated rings. The summed E-state index contributed by atoms with van der Waals surface area (Å²) in [5.74, 6) is 0.0894. The standard InChI is InChI=1S/C24H29NO8/c1-23(28,12-19(26)30-3)22(27)33-21-18(29-2)11-24-6-4-7-25(24)8-5-14-9-16-17(32-13-31-16)10-15(14)20(21)24/h9-11,20-21,28H,4-8,12-13H2,1-3H3. The van der Waals surface area contributed by atoms with E-state index in [2.05, 4.69) is 15.7 Å². The fourth-order valence-corrected chi connectivity index (χ4v) is 5.76. The lowest BCUT2D eigenvalue weighted by molar-refractivity contribution is -0.175. The highest BCUT2D eigenvalue weighted by Gasteiger charge is 2.58. The third-order valence-electron chi connectivity index (χ3n) is 7.35. The van der Waals surface area contributed by atoms with Gasteiger partial charge in [0.05, 0.1) is 32.1 Å². The molecule has 1 aliphatic carbocycles. The Bertz CT molecular complexity index is 1020. The summed E-state index contributed by atoms with van der Waals surface area (Å²) in [6.45, 7) is 3.23. The first kappa shape index (κ1) is 22.0. The van der Waals surface area contributed by atoms with Gasteiger partial charge in [0, 0.05) is 6.54 Å².